The zero-order chi connectivity index (χ0) is 19.6. The Morgan fingerprint density at radius 2 is 2.07 bits per heavy atom. The van der Waals surface area contributed by atoms with E-state index in [1.54, 1.807) is 0 Å². The number of benzene rings is 1. The molecule has 0 aliphatic carbocycles. The van der Waals surface area contributed by atoms with Crippen molar-refractivity contribution in [2.75, 3.05) is 46.2 Å². The van der Waals surface area contributed by atoms with Gasteiger partial charge in [0.25, 0.3) is 0 Å². The van der Waals surface area contributed by atoms with Crippen LogP contribution in [0.15, 0.2) is 30.5 Å². The van der Waals surface area contributed by atoms with E-state index in [-0.39, 0.29) is 11.9 Å². The first kappa shape index (κ1) is 19.6. The van der Waals surface area contributed by atoms with E-state index in [0.717, 1.165) is 36.2 Å². The predicted molar refractivity (Wildman–Crippen MR) is 109 cm³/mol. The van der Waals surface area contributed by atoms with Gasteiger partial charge in [0.2, 0.25) is 11.9 Å². The zero-order valence-electron chi connectivity index (χ0n) is 16.3. The molecule has 0 N–H and O–H groups in total. The van der Waals surface area contributed by atoms with Gasteiger partial charge in [-0.15, -0.1) is 0 Å². The number of carbonyl (C=O) groups is 1. The molecule has 144 valence electrons. The van der Waals surface area contributed by atoms with Crippen LogP contribution in [0.4, 0.5) is 5.95 Å². The second-order valence-corrected chi connectivity index (χ2v) is 7.79. The van der Waals surface area contributed by atoms with Gasteiger partial charge in [-0.05, 0) is 44.6 Å². The van der Waals surface area contributed by atoms with Crippen LogP contribution in [0.1, 0.15) is 24.6 Å². The van der Waals surface area contributed by atoms with E-state index in [1.807, 2.05) is 73.4 Å². The van der Waals surface area contributed by atoms with Crippen LogP contribution in [-0.4, -0.2) is 67.0 Å². The third-order valence-electron chi connectivity index (χ3n) is 4.68. The molecular weight excluding hydrogens is 362 g/mol. The van der Waals surface area contributed by atoms with Gasteiger partial charge >= 0.3 is 0 Å². The van der Waals surface area contributed by atoms with Crippen LogP contribution < -0.4 is 4.90 Å². The highest BCUT2D eigenvalue weighted by Gasteiger charge is 2.33. The molecule has 0 radical (unpaired) electrons. The molecule has 3 rings (SSSR count). The molecule has 0 spiro atoms. The maximum atomic E-state index is 12.8. The Hall–Kier alpha value is -2.18. The number of aromatic nitrogens is 2. The molecular formula is C20H26ClN5O. The number of anilines is 1. The van der Waals surface area contributed by atoms with E-state index in [0.29, 0.717) is 17.5 Å². The summed E-state index contributed by atoms with van der Waals surface area (Å²) < 4.78 is 0. The fourth-order valence-electron chi connectivity index (χ4n) is 3.44. The molecule has 27 heavy (non-hydrogen) atoms. The lowest BCUT2D eigenvalue weighted by atomic mass is 10.00. The van der Waals surface area contributed by atoms with Gasteiger partial charge in [0.05, 0.1) is 18.3 Å². The Labute approximate surface area is 165 Å². The molecule has 6 nitrogen and oxygen atoms in total. The summed E-state index contributed by atoms with van der Waals surface area (Å²) in [6.45, 7) is 1.16. The Morgan fingerprint density at radius 1 is 1.30 bits per heavy atom. The number of hydrogen-bond donors (Lipinski definition) is 0. The topological polar surface area (TPSA) is 52.6 Å². The van der Waals surface area contributed by atoms with E-state index in [1.165, 1.54) is 0 Å². The summed E-state index contributed by atoms with van der Waals surface area (Å²) in [7, 11) is 7.66. The minimum Gasteiger partial charge on any atom is -0.347 e. The highest BCUT2D eigenvalue weighted by Crippen LogP contribution is 2.37. The fourth-order valence-corrected chi connectivity index (χ4v) is 3.63. The van der Waals surface area contributed by atoms with Crippen molar-refractivity contribution in [2.45, 2.75) is 18.9 Å². The van der Waals surface area contributed by atoms with Crippen molar-refractivity contribution in [3.05, 3.63) is 41.2 Å². The summed E-state index contributed by atoms with van der Waals surface area (Å²) in [6, 6.07) is 7.64. The molecule has 1 amide bonds. The lowest BCUT2D eigenvalue weighted by Gasteiger charge is -2.28. The molecule has 0 bridgehead atoms. The summed E-state index contributed by atoms with van der Waals surface area (Å²) in [4.78, 5) is 27.8. The summed E-state index contributed by atoms with van der Waals surface area (Å²) in [5.41, 5.74) is 2.79. The molecule has 0 unspecified atom stereocenters. The molecule has 1 aromatic carbocycles. The number of carbonyl (C=O) groups excluding carboxylic acids is 1. The van der Waals surface area contributed by atoms with Crippen molar-refractivity contribution in [2.24, 2.45) is 0 Å². The smallest absolute Gasteiger partial charge is 0.237 e. The minimum atomic E-state index is -0.0480. The van der Waals surface area contributed by atoms with Crippen LogP contribution in [0.2, 0.25) is 5.02 Å². The Balaban J connectivity index is 2.06. The number of nitrogens with zero attached hydrogens (tertiary/aromatic N) is 5. The molecule has 2 aromatic rings. The monoisotopic (exact) mass is 387 g/mol. The largest absolute Gasteiger partial charge is 0.347 e. The van der Waals surface area contributed by atoms with Crippen LogP contribution in [0.5, 0.6) is 0 Å². The van der Waals surface area contributed by atoms with Crippen molar-refractivity contribution in [3.63, 3.8) is 0 Å². The van der Waals surface area contributed by atoms with Crippen molar-refractivity contribution < 1.29 is 4.79 Å². The maximum Gasteiger partial charge on any atom is 0.237 e. The summed E-state index contributed by atoms with van der Waals surface area (Å²) >= 11 is 6.21. The molecule has 1 saturated heterocycles. The van der Waals surface area contributed by atoms with Crippen LogP contribution in [0, 0.1) is 0 Å². The van der Waals surface area contributed by atoms with Gasteiger partial charge in [0, 0.05) is 37.4 Å². The van der Waals surface area contributed by atoms with Gasteiger partial charge in [-0.2, -0.15) is 0 Å². The Kier molecular flexibility index (Phi) is 5.97. The lowest BCUT2D eigenvalue weighted by Crippen LogP contribution is -2.37. The van der Waals surface area contributed by atoms with Crippen LogP contribution in [0.3, 0.4) is 0 Å². The fraction of sp³-hybridized carbons (Fsp3) is 0.450. The lowest BCUT2D eigenvalue weighted by molar-refractivity contribution is -0.132. The van der Waals surface area contributed by atoms with E-state index in [2.05, 4.69) is 4.98 Å². The Morgan fingerprint density at radius 3 is 2.74 bits per heavy atom. The van der Waals surface area contributed by atoms with Crippen molar-refractivity contribution >= 4 is 23.5 Å². The number of amides is 1. The highest BCUT2D eigenvalue weighted by molar-refractivity contribution is 6.30. The third kappa shape index (κ3) is 4.39. The molecule has 2 heterocycles. The average Bonchev–Trinajstić information content (AvgIpc) is 3.10. The maximum absolute atomic E-state index is 12.8. The van der Waals surface area contributed by atoms with Gasteiger partial charge in [-0.25, -0.2) is 9.97 Å². The molecule has 1 atom stereocenters. The molecule has 1 aliphatic heterocycles. The number of rotatable bonds is 5. The minimum absolute atomic E-state index is 0.0480. The number of hydrogen-bond acceptors (Lipinski definition) is 5. The summed E-state index contributed by atoms with van der Waals surface area (Å²) in [5.74, 6) is 0.771. The molecule has 7 heteroatoms. The highest BCUT2D eigenvalue weighted by atomic mass is 35.5. The second kappa shape index (κ2) is 8.23. The molecule has 1 aliphatic rings. The van der Waals surface area contributed by atoms with Crippen LogP contribution >= 0.6 is 11.6 Å². The number of likely N-dealkylation sites (tertiary alicyclic amines) is 1. The van der Waals surface area contributed by atoms with E-state index >= 15 is 0 Å². The second-order valence-electron chi connectivity index (χ2n) is 7.36. The number of likely N-dealkylation sites (N-methyl/N-ethyl adjacent to an activating group) is 1. The normalized spacial score (nSPS) is 16.8. The van der Waals surface area contributed by atoms with E-state index in [9.17, 15) is 4.79 Å². The van der Waals surface area contributed by atoms with Gasteiger partial charge in [-0.1, -0.05) is 23.7 Å². The van der Waals surface area contributed by atoms with Crippen LogP contribution in [-0.2, 0) is 4.79 Å². The first-order valence-corrected chi connectivity index (χ1v) is 9.49. The Bertz CT molecular complexity index is 824. The van der Waals surface area contributed by atoms with E-state index in [4.69, 9.17) is 16.6 Å². The number of halogens is 1. The SMILES string of the molecule is CN(C)CC(=O)N1CCC[C@@H]1c1nc(N(C)C)ncc1-c1cccc(Cl)c1. The first-order valence-electron chi connectivity index (χ1n) is 9.11. The standard InChI is InChI=1S/C20H26ClN5O/c1-24(2)13-18(27)26-10-6-9-17(26)19-16(12-22-20(23-19)25(3)4)14-7-5-8-15(21)11-14/h5,7-8,11-12,17H,6,9-10,13H2,1-4H3/t17-/m1/s1. The molecule has 1 fully saturated rings. The third-order valence-corrected chi connectivity index (χ3v) is 4.92. The van der Waals surface area contributed by atoms with Crippen molar-refractivity contribution in [1.82, 2.24) is 19.8 Å². The van der Waals surface area contributed by atoms with Crippen LogP contribution in [0.25, 0.3) is 11.1 Å². The molecule has 0 saturated carbocycles. The van der Waals surface area contributed by atoms with Gasteiger partial charge in [0.1, 0.15) is 0 Å². The van der Waals surface area contributed by atoms with Gasteiger partial charge in [-0.3, -0.25) is 4.79 Å². The quantitative estimate of drug-likeness (QED) is 0.789. The average molecular weight is 388 g/mol. The first-order chi connectivity index (χ1) is 12.9. The zero-order valence-corrected chi connectivity index (χ0v) is 17.1. The predicted octanol–water partition coefficient (Wildman–Crippen LogP) is 3.09. The van der Waals surface area contributed by atoms with Gasteiger partial charge in [0.15, 0.2) is 0 Å². The molecule has 1 aromatic heterocycles. The van der Waals surface area contributed by atoms with Gasteiger partial charge < -0.3 is 14.7 Å². The van der Waals surface area contributed by atoms with Crippen molar-refractivity contribution in [3.8, 4) is 11.1 Å². The summed E-state index contributed by atoms with van der Waals surface area (Å²) in [6.07, 6.45) is 3.72. The van der Waals surface area contributed by atoms with Crippen molar-refractivity contribution in [1.29, 1.82) is 0 Å². The summed E-state index contributed by atoms with van der Waals surface area (Å²) in [5, 5.41) is 0.669. The van der Waals surface area contributed by atoms with E-state index < -0.39 is 0 Å².